The molecule has 0 bridgehead atoms. The molecule has 2 unspecified atom stereocenters. The molecule has 3 aromatic heterocycles. The maximum Gasteiger partial charge on any atom is 0.416 e. The quantitative estimate of drug-likeness (QED) is 0.0912. The van der Waals surface area contributed by atoms with Crippen LogP contribution < -0.4 is 29.7 Å². The molecule has 0 saturated carbocycles. The Hall–Kier alpha value is -7.20. The van der Waals surface area contributed by atoms with Crippen molar-refractivity contribution in [2.75, 3.05) is 56.1 Å². The predicted octanol–water partition coefficient (Wildman–Crippen LogP) is 4.17. The van der Waals surface area contributed by atoms with Gasteiger partial charge in [-0.05, 0) is 44.6 Å². The third-order valence-corrected chi connectivity index (χ3v) is 10.9. The number of aromatic nitrogens is 5. The molecule has 2 N–H and O–H groups in total. The summed E-state index contributed by atoms with van der Waals surface area (Å²) in [7, 11) is 7.37. The average Bonchev–Trinajstić information content (AvgIpc) is 4.09. The van der Waals surface area contributed by atoms with Crippen molar-refractivity contribution in [1.29, 1.82) is 0 Å². The number of esters is 2. The first kappa shape index (κ1) is 45.8. The number of anilines is 3. The summed E-state index contributed by atoms with van der Waals surface area (Å²) in [5.41, 5.74) is 0.598. The van der Waals surface area contributed by atoms with Crippen molar-refractivity contribution in [1.82, 2.24) is 28.6 Å². The maximum atomic E-state index is 14.1. The number of hydrogen-bond acceptors (Lipinski definition) is 15. The summed E-state index contributed by atoms with van der Waals surface area (Å²) in [6.45, 7) is 4.63. The number of aryl methyl sites for hydroxylation is 3. The second-order valence-electron chi connectivity index (χ2n) is 15.4. The second kappa shape index (κ2) is 20.1. The van der Waals surface area contributed by atoms with Gasteiger partial charge >= 0.3 is 18.0 Å². The number of rotatable bonds is 16. The van der Waals surface area contributed by atoms with E-state index in [4.69, 9.17) is 33.2 Å². The molecule has 0 aliphatic carbocycles. The number of methoxy groups -OCH3 is 2. The SMILES string of the molecule is C=CCOC(=O)N1c2cc(OCCCC(=O)Nc3cn(C)c(C(=O)Nc4cn(C)c(C(=O)Oc5cc(C(=O)OC)n(C)c5)n4)n3)c(OC)cc2C(=O)N2CCC[C@H]2C1OC1CCCCO1. The van der Waals surface area contributed by atoms with Gasteiger partial charge in [-0.25, -0.2) is 29.3 Å². The van der Waals surface area contributed by atoms with Crippen LogP contribution in [-0.2, 0) is 44.9 Å². The van der Waals surface area contributed by atoms with Crippen LogP contribution in [0.2, 0.25) is 0 Å². The second-order valence-corrected chi connectivity index (χ2v) is 15.4. The van der Waals surface area contributed by atoms with Gasteiger partial charge in [-0.3, -0.25) is 14.4 Å². The molecule has 4 aromatic rings. The molecular formula is C43H51N9O13. The lowest BCUT2D eigenvalue weighted by Crippen LogP contribution is -2.54. The van der Waals surface area contributed by atoms with Crippen LogP contribution in [0.4, 0.5) is 22.1 Å². The third-order valence-electron chi connectivity index (χ3n) is 10.9. The maximum absolute atomic E-state index is 14.1. The molecule has 2 saturated heterocycles. The fourth-order valence-corrected chi connectivity index (χ4v) is 7.82. The summed E-state index contributed by atoms with van der Waals surface area (Å²) in [6.07, 6.45) is 7.51. The number of nitrogens with one attached hydrogen (secondary N) is 2. The summed E-state index contributed by atoms with van der Waals surface area (Å²) in [5, 5.41) is 5.27. The van der Waals surface area contributed by atoms with E-state index in [1.165, 1.54) is 76.7 Å². The highest BCUT2D eigenvalue weighted by atomic mass is 16.7. The first-order valence-corrected chi connectivity index (χ1v) is 20.9. The van der Waals surface area contributed by atoms with Gasteiger partial charge in [0.1, 0.15) is 18.1 Å². The molecule has 65 heavy (non-hydrogen) atoms. The van der Waals surface area contributed by atoms with Gasteiger partial charge in [0.15, 0.2) is 35.7 Å². The Morgan fingerprint density at radius 3 is 2.37 bits per heavy atom. The van der Waals surface area contributed by atoms with Crippen LogP contribution >= 0.6 is 0 Å². The molecule has 3 aliphatic heterocycles. The lowest BCUT2D eigenvalue weighted by atomic mass is 10.1. The number of fused-ring (bicyclic) bond motifs is 2. The lowest BCUT2D eigenvalue weighted by Gasteiger charge is -2.38. The Morgan fingerprint density at radius 2 is 1.65 bits per heavy atom. The fraction of sp³-hybridized carbons (Fsp3) is 0.442. The van der Waals surface area contributed by atoms with Gasteiger partial charge in [-0.1, -0.05) is 12.7 Å². The van der Waals surface area contributed by atoms with E-state index in [-0.39, 0.29) is 89.4 Å². The standard InChI is InChI=1S/C43H51N9O13/c1-7-16-63-43(58)52-28-21-31(30(59-5)20-26(28)39(55)51-15-10-12-27(51)40(52)65-35-14-8-9-17-62-35)61-18-11-13-34(53)44-32-23-49(3)36(45-32)38(54)47-33-24-50(4)37(46-33)42(57)64-25-19-29(41(56)60-6)48(2)22-25/h7,19-24,27,35,40H,1,8-18H2,2-6H3,(H,44,53)(H,47,54)/t27-,35?,40?/m0/s1. The van der Waals surface area contributed by atoms with Crippen molar-refractivity contribution in [2.45, 2.75) is 63.5 Å². The van der Waals surface area contributed by atoms with Crippen molar-refractivity contribution < 1.29 is 61.9 Å². The van der Waals surface area contributed by atoms with Crippen LogP contribution in [0, 0.1) is 0 Å². The van der Waals surface area contributed by atoms with E-state index >= 15 is 0 Å². The number of imidazole rings is 2. The lowest BCUT2D eigenvalue weighted by molar-refractivity contribution is -0.195. The van der Waals surface area contributed by atoms with Crippen LogP contribution in [0.25, 0.3) is 0 Å². The van der Waals surface area contributed by atoms with Gasteiger partial charge in [-0.15, -0.1) is 0 Å². The molecule has 3 atom stereocenters. The number of carbonyl (C=O) groups is 6. The van der Waals surface area contributed by atoms with Crippen molar-refractivity contribution >= 4 is 53.1 Å². The van der Waals surface area contributed by atoms with Gasteiger partial charge < -0.3 is 62.4 Å². The molecule has 6 heterocycles. The van der Waals surface area contributed by atoms with E-state index in [0.29, 0.717) is 26.0 Å². The molecule has 346 valence electrons. The fourth-order valence-electron chi connectivity index (χ4n) is 7.82. The highest BCUT2D eigenvalue weighted by Crippen LogP contribution is 2.42. The molecule has 3 aliphatic rings. The van der Waals surface area contributed by atoms with E-state index in [9.17, 15) is 28.8 Å². The van der Waals surface area contributed by atoms with Gasteiger partial charge in [0.25, 0.3) is 11.8 Å². The smallest absolute Gasteiger partial charge is 0.416 e. The average molecular weight is 902 g/mol. The Labute approximate surface area is 373 Å². The summed E-state index contributed by atoms with van der Waals surface area (Å²) < 4.78 is 44.1. The number of ether oxygens (including phenoxy) is 7. The zero-order valence-corrected chi connectivity index (χ0v) is 36.7. The number of amides is 4. The predicted molar refractivity (Wildman–Crippen MR) is 229 cm³/mol. The van der Waals surface area contributed by atoms with E-state index in [1.54, 1.807) is 25.1 Å². The minimum atomic E-state index is -0.920. The van der Waals surface area contributed by atoms with Crippen molar-refractivity contribution in [3.8, 4) is 17.2 Å². The summed E-state index contributed by atoms with van der Waals surface area (Å²) >= 11 is 0. The van der Waals surface area contributed by atoms with Crippen LogP contribution in [0.3, 0.4) is 0 Å². The van der Waals surface area contributed by atoms with E-state index < -0.39 is 48.4 Å². The van der Waals surface area contributed by atoms with Gasteiger partial charge in [0, 0.05) is 71.4 Å². The highest BCUT2D eigenvalue weighted by molar-refractivity contribution is 6.06. The monoisotopic (exact) mass is 901 g/mol. The van der Waals surface area contributed by atoms with Crippen LogP contribution in [0.1, 0.15) is 87.0 Å². The topological polar surface area (TPSA) is 238 Å². The molecule has 22 heteroatoms. The Kier molecular flexibility index (Phi) is 14.2. The van der Waals surface area contributed by atoms with E-state index in [0.717, 1.165) is 19.3 Å². The number of benzene rings is 1. The highest BCUT2D eigenvalue weighted by Gasteiger charge is 2.48. The number of carbonyl (C=O) groups excluding carboxylic acids is 6. The molecule has 22 nitrogen and oxygen atoms in total. The summed E-state index contributed by atoms with van der Waals surface area (Å²) in [4.78, 5) is 90.6. The zero-order chi connectivity index (χ0) is 46.4. The summed E-state index contributed by atoms with van der Waals surface area (Å²) in [6, 6.07) is 3.97. The normalized spacial score (nSPS) is 17.9. The Bertz CT molecular complexity index is 2470. The molecular weight excluding hydrogens is 851 g/mol. The van der Waals surface area contributed by atoms with Crippen LogP contribution in [0.5, 0.6) is 17.2 Å². The van der Waals surface area contributed by atoms with E-state index in [1.807, 2.05) is 0 Å². The molecule has 7 rings (SSSR count). The molecule has 1 aromatic carbocycles. The first-order chi connectivity index (χ1) is 31.3. The zero-order valence-electron chi connectivity index (χ0n) is 36.7. The third kappa shape index (κ3) is 10.1. The number of nitrogens with zero attached hydrogens (tertiary/aromatic N) is 7. The van der Waals surface area contributed by atoms with Crippen LogP contribution in [-0.4, -0.2) is 123 Å². The minimum absolute atomic E-state index is 0.00239. The van der Waals surface area contributed by atoms with Crippen LogP contribution in [0.15, 0.2) is 49.4 Å². The van der Waals surface area contributed by atoms with Crippen molar-refractivity contribution in [3.05, 3.63) is 72.4 Å². The van der Waals surface area contributed by atoms with E-state index in [2.05, 4.69) is 27.2 Å². The van der Waals surface area contributed by atoms with Crippen molar-refractivity contribution in [3.63, 3.8) is 0 Å². The van der Waals surface area contributed by atoms with Crippen molar-refractivity contribution in [2.24, 2.45) is 21.1 Å². The van der Waals surface area contributed by atoms with Gasteiger partial charge in [0.2, 0.25) is 17.6 Å². The molecule has 0 spiro atoms. The van der Waals surface area contributed by atoms with Gasteiger partial charge in [-0.2, -0.15) is 0 Å². The number of hydrogen-bond donors (Lipinski definition) is 2. The van der Waals surface area contributed by atoms with Gasteiger partial charge in [0.05, 0.1) is 38.1 Å². The Morgan fingerprint density at radius 1 is 0.892 bits per heavy atom. The Balaban J connectivity index is 0.976. The molecule has 4 amide bonds. The minimum Gasteiger partial charge on any atom is -0.493 e. The first-order valence-electron chi connectivity index (χ1n) is 20.9. The molecule has 2 fully saturated rings. The molecule has 0 radical (unpaired) electrons. The largest absolute Gasteiger partial charge is 0.493 e. The summed E-state index contributed by atoms with van der Waals surface area (Å²) in [5.74, 6) is -2.32.